The number of fused-ring (bicyclic) bond motifs is 14. The summed E-state index contributed by atoms with van der Waals surface area (Å²) in [6.45, 7) is 0. The largest absolute Gasteiger partial charge is 0.245 e. The van der Waals surface area contributed by atoms with Gasteiger partial charge in [-0.1, -0.05) is 176 Å². The molecule has 2 aromatic heterocycles. The van der Waals surface area contributed by atoms with Crippen LogP contribution >= 0.6 is 0 Å². The molecule has 2 heteroatoms. The average molecular weight is 697 g/mol. The molecule has 1 spiro atoms. The molecule has 0 amide bonds. The van der Waals surface area contributed by atoms with Gasteiger partial charge in [-0.15, -0.1) is 0 Å². The Morgan fingerprint density at radius 3 is 1.38 bits per heavy atom. The molecule has 2 heterocycles. The zero-order valence-electron chi connectivity index (χ0n) is 29.9. The maximum atomic E-state index is 5.36. The van der Waals surface area contributed by atoms with E-state index in [1.54, 1.807) is 0 Å². The smallest absolute Gasteiger partial charge is 0.0972 e. The van der Waals surface area contributed by atoms with Crippen molar-refractivity contribution < 1.29 is 0 Å². The Hall–Kier alpha value is -7.16. The van der Waals surface area contributed by atoms with Crippen molar-refractivity contribution in [3.05, 3.63) is 216 Å². The van der Waals surface area contributed by atoms with Crippen molar-refractivity contribution in [3.8, 4) is 55.9 Å². The van der Waals surface area contributed by atoms with Crippen LogP contribution in [0.3, 0.4) is 0 Å². The normalized spacial score (nSPS) is 13.2. The van der Waals surface area contributed by atoms with E-state index in [4.69, 9.17) is 9.97 Å². The van der Waals surface area contributed by atoms with Crippen LogP contribution in [0.25, 0.3) is 88.5 Å². The first kappa shape index (κ1) is 30.3. The third kappa shape index (κ3) is 4.19. The lowest BCUT2D eigenvalue weighted by Gasteiger charge is -2.30. The second-order valence-corrected chi connectivity index (χ2v) is 14.8. The number of benzene rings is 8. The van der Waals surface area contributed by atoms with E-state index in [-0.39, 0.29) is 5.41 Å². The van der Waals surface area contributed by atoms with Crippen molar-refractivity contribution in [2.75, 3.05) is 0 Å². The predicted molar refractivity (Wildman–Crippen MR) is 227 cm³/mol. The van der Waals surface area contributed by atoms with Crippen molar-refractivity contribution in [1.82, 2.24) is 9.97 Å². The van der Waals surface area contributed by atoms with Gasteiger partial charge < -0.3 is 0 Å². The maximum absolute atomic E-state index is 5.36. The third-order valence-corrected chi connectivity index (χ3v) is 12.1. The van der Waals surface area contributed by atoms with E-state index >= 15 is 0 Å². The molecule has 0 saturated heterocycles. The maximum Gasteiger partial charge on any atom is 0.0972 e. The molecule has 0 bridgehead atoms. The molecule has 0 aliphatic heterocycles. The fourth-order valence-corrected chi connectivity index (χ4v) is 9.72. The number of hydrogen-bond donors (Lipinski definition) is 0. The van der Waals surface area contributed by atoms with Gasteiger partial charge in [-0.05, 0) is 84.6 Å². The summed E-state index contributed by atoms with van der Waals surface area (Å²) in [4.78, 5) is 10.5. The van der Waals surface area contributed by atoms with Gasteiger partial charge in [-0.3, -0.25) is 0 Å². The molecule has 0 fully saturated rings. The minimum absolute atomic E-state index is 0.378. The van der Waals surface area contributed by atoms with E-state index in [1.165, 1.54) is 66.4 Å². The van der Waals surface area contributed by atoms with Crippen LogP contribution in [0.2, 0.25) is 0 Å². The molecule has 0 unspecified atom stereocenters. The summed E-state index contributed by atoms with van der Waals surface area (Å²) in [6, 6.07) is 70.8. The highest BCUT2D eigenvalue weighted by molar-refractivity contribution is 6.08. The second kappa shape index (κ2) is 11.4. The van der Waals surface area contributed by atoms with E-state index in [9.17, 15) is 0 Å². The lowest BCUT2D eigenvalue weighted by molar-refractivity contribution is 0.794. The van der Waals surface area contributed by atoms with E-state index in [0.717, 1.165) is 44.3 Å². The standard InChI is InChI=1S/C53H32N2/c1-2-12-33(13-3-1)49-30-25-34-22-23-35-26-31-50(55-52(35)51(34)54-49)44-29-28-37(38-14-4-5-15-39(38)44)36-24-27-43-42-18-8-11-21-47(42)53(48(43)32-36)45-19-9-6-16-40(45)41-17-7-10-20-46(41)53/h1-32H. The van der Waals surface area contributed by atoms with Crippen LogP contribution in [0.1, 0.15) is 22.3 Å². The third-order valence-electron chi connectivity index (χ3n) is 12.1. The summed E-state index contributed by atoms with van der Waals surface area (Å²) >= 11 is 0. The van der Waals surface area contributed by atoms with Gasteiger partial charge in [-0.25, -0.2) is 9.97 Å². The lowest BCUT2D eigenvalue weighted by Crippen LogP contribution is -2.25. The van der Waals surface area contributed by atoms with Crippen molar-refractivity contribution in [2.45, 2.75) is 5.41 Å². The minimum Gasteiger partial charge on any atom is -0.245 e. The first-order chi connectivity index (χ1) is 27.3. The Bertz CT molecular complexity index is 3150. The van der Waals surface area contributed by atoms with Crippen molar-refractivity contribution in [1.29, 1.82) is 0 Å². The van der Waals surface area contributed by atoms with Crippen LogP contribution in [0.4, 0.5) is 0 Å². The number of rotatable bonds is 3. The molecule has 0 radical (unpaired) electrons. The van der Waals surface area contributed by atoms with Crippen LogP contribution in [0.5, 0.6) is 0 Å². The van der Waals surface area contributed by atoms with E-state index < -0.39 is 0 Å². The van der Waals surface area contributed by atoms with Gasteiger partial charge >= 0.3 is 0 Å². The summed E-state index contributed by atoms with van der Waals surface area (Å²) < 4.78 is 0. The van der Waals surface area contributed by atoms with Crippen LogP contribution in [0, 0.1) is 0 Å². The van der Waals surface area contributed by atoms with Crippen molar-refractivity contribution >= 4 is 32.6 Å². The van der Waals surface area contributed by atoms with Crippen LogP contribution in [-0.4, -0.2) is 9.97 Å². The summed E-state index contributed by atoms with van der Waals surface area (Å²) in [6.07, 6.45) is 0. The lowest BCUT2D eigenvalue weighted by atomic mass is 9.70. The van der Waals surface area contributed by atoms with Crippen LogP contribution < -0.4 is 0 Å². The van der Waals surface area contributed by atoms with Gasteiger partial charge in [0.15, 0.2) is 0 Å². The first-order valence-electron chi connectivity index (χ1n) is 19.0. The topological polar surface area (TPSA) is 25.8 Å². The minimum atomic E-state index is -0.378. The molecule has 254 valence electrons. The molecule has 55 heavy (non-hydrogen) atoms. The highest BCUT2D eigenvalue weighted by atomic mass is 14.8. The van der Waals surface area contributed by atoms with Gasteiger partial charge in [0.25, 0.3) is 0 Å². The Labute approximate surface area is 319 Å². The zero-order valence-corrected chi connectivity index (χ0v) is 29.9. The van der Waals surface area contributed by atoms with Gasteiger partial charge in [0.1, 0.15) is 0 Å². The molecule has 10 aromatic rings. The fourth-order valence-electron chi connectivity index (χ4n) is 9.72. The molecular weight excluding hydrogens is 665 g/mol. The van der Waals surface area contributed by atoms with Gasteiger partial charge in [0.2, 0.25) is 0 Å². The van der Waals surface area contributed by atoms with E-state index in [0.29, 0.717) is 0 Å². The summed E-state index contributed by atoms with van der Waals surface area (Å²) in [5.74, 6) is 0. The number of hydrogen-bond acceptors (Lipinski definition) is 2. The summed E-state index contributed by atoms with van der Waals surface area (Å²) in [5.41, 5.74) is 18.7. The van der Waals surface area contributed by atoms with Crippen LogP contribution in [0.15, 0.2) is 194 Å². The Balaban J connectivity index is 1.04. The monoisotopic (exact) mass is 696 g/mol. The molecule has 2 aliphatic rings. The molecule has 2 nitrogen and oxygen atoms in total. The molecular formula is C53H32N2. The summed E-state index contributed by atoms with van der Waals surface area (Å²) in [5, 5.41) is 4.56. The van der Waals surface area contributed by atoms with E-state index in [2.05, 4.69) is 188 Å². The Kier molecular flexibility index (Phi) is 6.29. The molecule has 0 saturated carbocycles. The average Bonchev–Trinajstić information content (AvgIpc) is 3.73. The van der Waals surface area contributed by atoms with E-state index in [1.807, 2.05) is 6.07 Å². The van der Waals surface area contributed by atoms with Crippen LogP contribution in [-0.2, 0) is 5.41 Å². The first-order valence-corrected chi connectivity index (χ1v) is 19.0. The van der Waals surface area contributed by atoms with Gasteiger partial charge in [0.05, 0.1) is 27.8 Å². The highest BCUT2D eigenvalue weighted by Crippen LogP contribution is 2.63. The number of nitrogens with zero attached hydrogens (tertiary/aromatic N) is 2. The fraction of sp³-hybridized carbons (Fsp3) is 0.0189. The molecule has 0 atom stereocenters. The Morgan fingerprint density at radius 1 is 0.291 bits per heavy atom. The molecule has 8 aromatic carbocycles. The Morgan fingerprint density at radius 2 is 0.745 bits per heavy atom. The second-order valence-electron chi connectivity index (χ2n) is 14.8. The number of pyridine rings is 2. The number of aromatic nitrogens is 2. The highest BCUT2D eigenvalue weighted by Gasteiger charge is 2.51. The van der Waals surface area contributed by atoms with Gasteiger partial charge in [-0.2, -0.15) is 0 Å². The van der Waals surface area contributed by atoms with Crippen molar-refractivity contribution in [3.63, 3.8) is 0 Å². The van der Waals surface area contributed by atoms with Gasteiger partial charge in [0, 0.05) is 21.9 Å². The summed E-state index contributed by atoms with van der Waals surface area (Å²) in [7, 11) is 0. The SMILES string of the molecule is c1ccc(-c2ccc3ccc4ccc(-c5ccc(-c6ccc7c(c6)C6(c8ccccc8-c8ccccc86)c6ccccc6-7)c6ccccc56)nc4c3n2)cc1. The zero-order chi connectivity index (χ0) is 36.1. The van der Waals surface area contributed by atoms with Crippen molar-refractivity contribution in [2.24, 2.45) is 0 Å². The molecule has 0 N–H and O–H groups in total. The predicted octanol–water partition coefficient (Wildman–Crippen LogP) is 13.3. The molecule has 12 rings (SSSR count). The quantitative estimate of drug-likeness (QED) is 0.172. The molecule has 2 aliphatic carbocycles.